The molecule has 9 heteroatoms. The lowest BCUT2D eigenvalue weighted by Gasteiger charge is -2.14. The minimum absolute atomic E-state index is 0.0879. The summed E-state index contributed by atoms with van der Waals surface area (Å²) in [7, 11) is 0. The molecule has 0 fully saturated rings. The number of nitrogens with zero attached hydrogens (tertiary/aromatic N) is 1. The van der Waals surface area contributed by atoms with Crippen LogP contribution in [0, 0.1) is 17.0 Å². The maximum absolute atomic E-state index is 12.5. The highest BCUT2D eigenvalue weighted by atomic mass is 19.4. The van der Waals surface area contributed by atoms with Gasteiger partial charge in [-0.15, -0.1) is 0 Å². The third kappa shape index (κ3) is 2.71. The fraction of sp³-hybridized carbons (Fsp3) is 0.333. The van der Waals surface area contributed by atoms with Crippen LogP contribution < -0.4 is 0 Å². The van der Waals surface area contributed by atoms with Crippen molar-refractivity contribution in [2.24, 2.45) is 0 Å². The molecule has 0 aliphatic carbocycles. The summed E-state index contributed by atoms with van der Waals surface area (Å²) in [5, 5.41) is 10.5. The molecule has 1 aromatic rings. The molecule has 18 heavy (non-hydrogen) atoms. The average molecular weight is 273 g/mol. The number of alkyl halides is 6. The lowest BCUT2D eigenvalue weighted by atomic mass is 10.0. The van der Waals surface area contributed by atoms with E-state index in [1.165, 1.54) is 0 Å². The lowest BCUT2D eigenvalue weighted by Crippen LogP contribution is -2.14. The summed E-state index contributed by atoms with van der Waals surface area (Å²) < 4.78 is 74.4. The second kappa shape index (κ2) is 4.14. The predicted octanol–water partition coefficient (Wildman–Crippen LogP) is 3.94. The van der Waals surface area contributed by atoms with Crippen LogP contribution >= 0.6 is 0 Å². The van der Waals surface area contributed by atoms with Crippen molar-refractivity contribution in [2.45, 2.75) is 19.3 Å². The molecule has 0 aromatic heterocycles. The molecule has 0 unspecified atom stereocenters. The van der Waals surface area contributed by atoms with E-state index in [4.69, 9.17) is 0 Å². The first-order valence-corrected chi connectivity index (χ1v) is 4.38. The molecule has 0 aliphatic heterocycles. The van der Waals surface area contributed by atoms with Crippen molar-refractivity contribution >= 4 is 5.69 Å². The quantitative estimate of drug-likeness (QED) is 0.442. The highest BCUT2D eigenvalue weighted by Crippen LogP contribution is 2.40. The standard InChI is InChI=1S/C9H5F6NO2/c1-4-6(9(13,14)15)2-5(8(10,11)12)3-7(4)16(17)18/h2-3H,1H3. The third-order valence-electron chi connectivity index (χ3n) is 2.21. The van der Waals surface area contributed by atoms with Crippen molar-refractivity contribution in [3.8, 4) is 0 Å². The number of hydrogen-bond donors (Lipinski definition) is 0. The van der Waals surface area contributed by atoms with Crippen LogP contribution in [0.4, 0.5) is 32.0 Å². The maximum atomic E-state index is 12.5. The molecule has 0 radical (unpaired) electrons. The van der Waals surface area contributed by atoms with Gasteiger partial charge in [-0.2, -0.15) is 26.3 Å². The Bertz CT molecular complexity index is 491. The van der Waals surface area contributed by atoms with Crippen LogP contribution in [0.3, 0.4) is 0 Å². The van der Waals surface area contributed by atoms with E-state index < -0.39 is 39.7 Å². The normalized spacial score (nSPS) is 12.6. The van der Waals surface area contributed by atoms with Crippen molar-refractivity contribution in [1.82, 2.24) is 0 Å². The topological polar surface area (TPSA) is 43.1 Å². The summed E-state index contributed by atoms with van der Waals surface area (Å²) in [6, 6.07) is -0.0487. The van der Waals surface area contributed by atoms with E-state index in [2.05, 4.69) is 0 Å². The number of nitro groups is 1. The first-order chi connectivity index (χ1) is 7.94. The van der Waals surface area contributed by atoms with E-state index in [-0.39, 0.29) is 12.1 Å². The minimum Gasteiger partial charge on any atom is -0.258 e. The van der Waals surface area contributed by atoms with Gasteiger partial charge in [-0.25, -0.2) is 0 Å². The zero-order chi connectivity index (χ0) is 14.3. The van der Waals surface area contributed by atoms with Gasteiger partial charge in [-0.1, -0.05) is 0 Å². The second-order valence-corrected chi connectivity index (χ2v) is 3.42. The smallest absolute Gasteiger partial charge is 0.258 e. The number of benzene rings is 1. The summed E-state index contributed by atoms with van der Waals surface area (Å²) in [6.45, 7) is 0.751. The SMILES string of the molecule is Cc1c([N+](=O)[O-])cc(C(F)(F)F)cc1C(F)(F)F. The Morgan fingerprint density at radius 3 is 1.89 bits per heavy atom. The predicted molar refractivity (Wildman–Crippen MR) is 47.8 cm³/mol. The minimum atomic E-state index is -5.09. The lowest BCUT2D eigenvalue weighted by molar-refractivity contribution is -0.385. The molecule has 3 nitrogen and oxygen atoms in total. The van der Waals surface area contributed by atoms with E-state index in [9.17, 15) is 36.5 Å². The zero-order valence-electron chi connectivity index (χ0n) is 8.69. The Balaban J connectivity index is 3.63. The Kier molecular flexibility index (Phi) is 3.28. The summed E-state index contributed by atoms with van der Waals surface area (Å²) in [6.07, 6.45) is -10.2. The fourth-order valence-corrected chi connectivity index (χ4v) is 1.35. The van der Waals surface area contributed by atoms with Crippen LogP contribution in [0.15, 0.2) is 12.1 Å². The van der Waals surface area contributed by atoms with E-state index in [0.29, 0.717) is 0 Å². The molecule has 0 atom stereocenters. The van der Waals surface area contributed by atoms with Crippen molar-refractivity contribution in [3.05, 3.63) is 38.9 Å². The van der Waals surface area contributed by atoms with E-state index in [0.717, 1.165) is 6.92 Å². The number of halogens is 6. The average Bonchev–Trinajstić information content (AvgIpc) is 2.13. The molecule has 100 valence electrons. The zero-order valence-corrected chi connectivity index (χ0v) is 8.69. The molecule has 0 heterocycles. The molecule has 0 aliphatic rings. The monoisotopic (exact) mass is 273 g/mol. The molecule has 0 N–H and O–H groups in total. The van der Waals surface area contributed by atoms with E-state index in [1.807, 2.05) is 0 Å². The highest BCUT2D eigenvalue weighted by Gasteiger charge is 2.40. The summed E-state index contributed by atoms with van der Waals surface area (Å²) in [5.41, 5.74) is -5.42. The van der Waals surface area contributed by atoms with Gasteiger partial charge in [0.2, 0.25) is 0 Å². The van der Waals surface area contributed by atoms with Crippen LogP contribution in [0.5, 0.6) is 0 Å². The molecule has 1 rings (SSSR count). The Morgan fingerprint density at radius 1 is 1.06 bits per heavy atom. The molecule has 1 aromatic carbocycles. The third-order valence-corrected chi connectivity index (χ3v) is 2.21. The van der Waals surface area contributed by atoms with Crippen molar-refractivity contribution in [3.63, 3.8) is 0 Å². The van der Waals surface area contributed by atoms with Gasteiger partial charge in [0, 0.05) is 11.6 Å². The number of hydrogen-bond acceptors (Lipinski definition) is 2. The highest BCUT2D eigenvalue weighted by molar-refractivity contribution is 5.49. The van der Waals surface area contributed by atoms with E-state index in [1.54, 1.807) is 0 Å². The van der Waals surface area contributed by atoms with Gasteiger partial charge < -0.3 is 0 Å². The Labute approximate surface area is 96.2 Å². The number of rotatable bonds is 1. The van der Waals surface area contributed by atoms with Gasteiger partial charge in [0.15, 0.2) is 0 Å². The van der Waals surface area contributed by atoms with Gasteiger partial charge in [0.05, 0.1) is 16.1 Å². The summed E-state index contributed by atoms with van der Waals surface area (Å²) in [4.78, 5) is 9.17. The first-order valence-electron chi connectivity index (χ1n) is 4.38. The van der Waals surface area contributed by atoms with Crippen LogP contribution in [0.2, 0.25) is 0 Å². The summed E-state index contributed by atoms with van der Waals surface area (Å²) >= 11 is 0. The van der Waals surface area contributed by atoms with Crippen molar-refractivity contribution < 1.29 is 31.3 Å². The largest absolute Gasteiger partial charge is 0.416 e. The van der Waals surface area contributed by atoms with Gasteiger partial charge >= 0.3 is 12.4 Å². The molecule has 0 saturated carbocycles. The van der Waals surface area contributed by atoms with Crippen LogP contribution in [-0.4, -0.2) is 4.92 Å². The first kappa shape index (κ1) is 14.3. The summed E-state index contributed by atoms with van der Waals surface area (Å²) in [5.74, 6) is 0. The number of nitro benzene ring substituents is 1. The maximum Gasteiger partial charge on any atom is 0.416 e. The van der Waals surface area contributed by atoms with Crippen LogP contribution in [0.25, 0.3) is 0 Å². The fourth-order valence-electron chi connectivity index (χ4n) is 1.35. The van der Waals surface area contributed by atoms with Crippen molar-refractivity contribution in [1.29, 1.82) is 0 Å². The molecular weight excluding hydrogens is 268 g/mol. The van der Waals surface area contributed by atoms with Gasteiger partial charge in [-0.3, -0.25) is 10.1 Å². The van der Waals surface area contributed by atoms with Crippen LogP contribution in [-0.2, 0) is 12.4 Å². The molecule has 0 spiro atoms. The Morgan fingerprint density at radius 2 is 1.56 bits per heavy atom. The molecular formula is C9H5F6NO2. The molecule has 0 saturated heterocycles. The molecule has 0 bridgehead atoms. The second-order valence-electron chi connectivity index (χ2n) is 3.42. The van der Waals surface area contributed by atoms with Gasteiger partial charge in [0.1, 0.15) is 0 Å². The van der Waals surface area contributed by atoms with E-state index >= 15 is 0 Å². The van der Waals surface area contributed by atoms with Gasteiger partial charge in [-0.05, 0) is 13.0 Å². The Hall–Kier alpha value is -1.80. The molecule has 0 amide bonds. The van der Waals surface area contributed by atoms with Crippen LogP contribution in [0.1, 0.15) is 16.7 Å². The van der Waals surface area contributed by atoms with Crippen molar-refractivity contribution in [2.75, 3.05) is 0 Å². The van der Waals surface area contributed by atoms with Gasteiger partial charge in [0.25, 0.3) is 5.69 Å².